The summed E-state index contributed by atoms with van der Waals surface area (Å²) in [6.45, 7) is 2.59. The molecule has 0 unspecified atom stereocenters. The van der Waals surface area contributed by atoms with Gasteiger partial charge in [-0.1, -0.05) is 0 Å². The summed E-state index contributed by atoms with van der Waals surface area (Å²) < 4.78 is 5.32. The summed E-state index contributed by atoms with van der Waals surface area (Å²) in [7, 11) is 0. The first-order valence-corrected chi connectivity index (χ1v) is 8.46. The Labute approximate surface area is 131 Å². The van der Waals surface area contributed by atoms with Gasteiger partial charge in [0.15, 0.2) is 0 Å². The third-order valence-electron chi connectivity index (χ3n) is 5.15. The highest BCUT2D eigenvalue weighted by Gasteiger charge is 2.37. The zero-order valence-corrected chi connectivity index (χ0v) is 13.0. The van der Waals surface area contributed by atoms with E-state index in [0.29, 0.717) is 26.3 Å². The summed E-state index contributed by atoms with van der Waals surface area (Å²) in [6.07, 6.45) is 4.26. The van der Waals surface area contributed by atoms with Crippen LogP contribution in [0.25, 0.3) is 0 Å². The lowest BCUT2D eigenvalue weighted by Crippen LogP contribution is -2.56. The molecule has 2 atom stereocenters. The van der Waals surface area contributed by atoms with Crippen LogP contribution in [0.3, 0.4) is 0 Å². The molecule has 2 heterocycles. The maximum absolute atomic E-state index is 12.6. The molecule has 0 aromatic heterocycles. The quantitative estimate of drug-likeness (QED) is 0.775. The Balaban J connectivity index is 1.58. The Morgan fingerprint density at radius 2 is 1.82 bits per heavy atom. The van der Waals surface area contributed by atoms with E-state index in [1.807, 2.05) is 4.90 Å². The van der Waals surface area contributed by atoms with Crippen molar-refractivity contribution in [3.05, 3.63) is 0 Å². The van der Waals surface area contributed by atoms with Gasteiger partial charge in [-0.25, -0.2) is 0 Å². The Bertz CT molecular complexity index is 418. The fourth-order valence-corrected chi connectivity index (χ4v) is 3.43. The molecule has 1 saturated carbocycles. The van der Waals surface area contributed by atoms with Crippen molar-refractivity contribution in [2.45, 2.75) is 38.1 Å². The molecule has 3 rings (SSSR count). The first-order chi connectivity index (χ1) is 10.7. The van der Waals surface area contributed by atoms with Gasteiger partial charge >= 0.3 is 0 Å². The third-order valence-corrected chi connectivity index (χ3v) is 5.15. The van der Waals surface area contributed by atoms with E-state index in [-0.39, 0.29) is 42.2 Å². The molecule has 6 nitrogen and oxygen atoms in total. The predicted molar refractivity (Wildman–Crippen MR) is 80.0 cm³/mol. The second-order valence-electron chi connectivity index (χ2n) is 6.79. The molecule has 0 radical (unpaired) electrons. The Morgan fingerprint density at radius 1 is 1.09 bits per heavy atom. The topological polar surface area (TPSA) is 78.9 Å². The van der Waals surface area contributed by atoms with Crippen LogP contribution in [0.15, 0.2) is 0 Å². The minimum atomic E-state index is -0.115. The van der Waals surface area contributed by atoms with Crippen LogP contribution in [-0.4, -0.2) is 60.8 Å². The molecular weight excluding hydrogens is 284 g/mol. The average molecular weight is 310 g/mol. The van der Waals surface area contributed by atoms with Gasteiger partial charge in [-0.15, -0.1) is 0 Å². The van der Waals surface area contributed by atoms with Gasteiger partial charge in [0.05, 0.1) is 6.04 Å². The van der Waals surface area contributed by atoms with Crippen molar-refractivity contribution >= 4 is 11.8 Å². The molecule has 0 bridgehead atoms. The number of piperidine rings is 1. The molecule has 6 heteroatoms. The van der Waals surface area contributed by atoms with E-state index in [1.54, 1.807) is 0 Å². The number of carbonyl (C=O) groups is 2. The lowest BCUT2D eigenvalue weighted by molar-refractivity contribution is -0.141. The lowest BCUT2D eigenvalue weighted by Gasteiger charge is -2.40. The molecule has 22 heavy (non-hydrogen) atoms. The van der Waals surface area contributed by atoms with Gasteiger partial charge in [0.25, 0.3) is 0 Å². The van der Waals surface area contributed by atoms with Crippen molar-refractivity contribution in [1.29, 1.82) is 0 Å². The molecule has 2 amide bonds. The normalized spacial score (nSPS) is 30.1. The summed E-state index contributed by atoms with van der Waals surface area (Å²) in [5, 5.41) is 12.6. The molecule has 0 spiro atoms. The maximum Gasteiger partial charge on any atom is 0.225 e. The van der Waals surface area contributed by atoms with E-state index in [4.69, 9.17) is 4.74 Å². The van der Waals surface area contributed by atoms with Crippen LogP contribution in [-0.2, 0) is 14.3 Å². The smallest absolute Gasteiger partial charge is 0.225 e. The highest BCUT2D eigenvalue weighted by molar-refractivity contribution is 5.82. The van der Waals surface area contributed by atoms with Crippen LogP contribution in [0.2, 0.25) is 0 Å². The van der Waals surface area contributed by atoms with Crippen molar-refractivity contribution in [1.82, 2.24) is 10.2 Å². The zero-order valence-electron chi connectivity index (χ0n) is 13.0. The van der Waals surface area contributed by atoms with Crippen LogP contribution in [0.1, 0.15) is 32.1 Å². The lowest BCUT2D eigenvalue weighted by atomic mass is 9.90. The van der Waals surface area contributed by atoms with E-state index in [0.717, 1.165) is 32.1 Å². The second kappa shape index (κ2) is 6.96. The number of rotatable bonds is 4. The monoisotopic (exact) mass is 310 g/mol. The van der Waals surface area contributed by atoms with Crippen molar-refractivity contribution < 1.29 is 19.4 Å². The minimum Gasteiger partial charge on any atom is -0.396 e. The number of ether oxygens (including phenoxy) is 1. The molecule has 2 saturated heterocycles. The van der Waals surface area contributed by atoms with E-state index in [2.05, 4.69) is 5.32 Å². The number of carbonyl (C=O) groups excluding carboxylic acids is 2. The molecule has 3 fully saturated rings. The van der Waals surface area contributed by atoms with Crippen molar-refractivity contribution in [2.75, 3.05) is 32.9 Å². The second-order valence-corrected chi connectivity index (χ2v) is 6.79. The summed E-state index contributed by atoms with van der Waals surface area (Å²) in [5.74, 6) is 0.538. The maximum atomic E-state index is 12.6. The summed E-state index contributed by atoms with van der Waals surface area (Å²) in [4.78, 5) is 26.5. The summed E-state index contributed by atoms with van der Waals surface area (Å²) in [6, 6.07) is -0.115. The number of aliphatic hydroxyl groups is 1. The fraction of sp³-hybridized carbons (Fsp3) is 0.875. The first kappa shape index (κ1) is 15.7. The van der Waals surface area contributed by atoms with E-state index < -0.39 is 0 Å². The molecule has 2 aliphatic heterocycles. The van der Waals surface area contributed by atoms with Crippen molar-refractivity contribution in [3.63, 3.8) is 0 Å². The van der Waals surface area contributed by atoms with Crippen molar-refractivity contribution in [2.24, 2.45) is 17.8 Å². The number of aliphatic hydroxyl groups excluding tert-OH is 1. The van der Waals surface area contributed by atoms with E-state index in [1.165, 1.54) is 0 Å². The molecular formula is C16H26N2O4. The van der Waals surface area contributed by atoms with Gasteiger partial charge in [0.1, 0.15) is 0 Å². The summed E-state index contributed by atoms with van der Waals surface area (Å²) in [5.41, 5.74) is 0. The van der Waals surface area contributed by atoms with Crippen LogP contribution < -0.4 is 5.32 Å². The largest absolute Gasteiger partial charge is 0.396 e. The average Bonchev–Trinajstić information content (AvgIpc) is 3.40. The Kier molecular flexibility index (Phi) is 4.98. The number of likely N-dealkylation sites (tertiary alicyclic amines) is 1. The summed E-state index contributed by atoms with van der Waals surface area (Å²) >= 11 is 0. The number of nitrogens with zero attached hydrogens (tertiary/aromatic N) is 1. The SMILES string of the molecule is O=C(N[C@@H]1CN(C(=O)C2CCOCC2)CC[C@@H]1CO)C1CC1. The standard InChI is InChI=1S/C16H26N2O4/c19-10-13-3-6-18(16(21)12-4-7-22-8-5-12)9-14(13)17-15(20)11-1-2-11/h11-14,19H,1-10H2,(H,17,20)/t13-,14-/m1/s1. The highest BCUT2D eigenvalue weighted by atomic mass is 16.5. The predicted octanol–water partition coefficient (Wildman–Crippen LogP) is 0.149. The van der Waals surface area contributed by atoms with Crippen LogP contribution >= 0.6 is 0 Å². The van der Waals surface area contributed by atoms with Crippen LogP contribution in [0.5, 0.6) is 0 Å². The Hall–Kier alpha value is -1.14. The van der Waals surface area contributed by atoms with Crippen molar-refractivity contribution in [3.8, 4) is 0 Å². The third kappa shape index (κ3) is 3.60. The molecule has 2 N–H and O–H groups in total. The van der Waals surface area contributed by atoms with Crippen LogP contribution in [0, 0.1) is 17.8 Å². The van der Waals surface area contributed by atoms with Gasteiger partial charge < -0.3 is 20.1 Å². The zero-order chi connectivity index (χ0) is 15.5. The van der Waals surface area contributed by atoms with Gasteiger partial charge in [-0.2, -0.15) is 0 Å². The first-order valence-electron chi connectivity index (χ1n) is 8.46. The number of nitrogens with one attached hydrogen (secondary N) is 1. The Morgan fingerprint density at radius 3 is 2.45 bits per heavy atom. The molecule has 3 aliphatic rings. The van der Waals surface area contributed by atoms with Crippen LogP contribution in [0.4, 0.5) is 0 Å². The van der Waals surface area contributed by atoms with Gasteiger partial charge in [-0.05, 0) is 32.1 Å². The number of hydrogen-bond donors (Lipinski definition) is 2. The molecule has 124 valence electrons. The number of amides is 2. The highest BCUT2D eigenvalue weighted by Crippen LogP contribution is 2.30. The van der Waals surface area contributed by atoms with Gasteiger partial charge in [0.2, 0.25) is 11.8 Å². The van der Waals surface area contributed by atoms with E-state index >= 15 is 0 Å². The number of hydrogen-bond acceptors (Lipinski definition) is 4. The fourth-order valence-electron chi connectivity index (χ4n) is 3.43. The molecule has 0 aromatic rings. The minimum absolute atomic E-state index is 0.0548. The van der Waals surface area contributed by atoms with E-state index in [9.17, 15) is 14.7 Å². The molecule has 0 aromatic carbocycles. The molecule has 1 aliphatic carbocycles. The van der Waals surface area contributed by atoms with Gasteiger partial charge in [-0.3, -0.25) is 9.59 Å². The van der Waals surface area contributed by atoms with Gasteiger partial charge in [0, 0.05) is 50.7 Å².